The summed E-state index contributed by atoms with van der Waals surface area (Å²) in [4.78, 5) is 12.0. The van der Waals surface area contributed by atoms with Gasteiger partial charge in [-0.05, 0) is 74.0 Å². The maximum atomic E-state index is 12.0. The van der Waals surface area contributed by atoms with Crippen LogP contribution in [0.4, 0.5) is 0 Å². The Balaban J connectivity index is 2.09. The maximum Gasteiger partial charge on any atom is 0.244 e. The Kier molecular flexibility index (Phi) is 7.99. The largest absolute Gasteiger partial charge is 0.487 e. The van der Waals surface area contributed by atoms with Crippen molar-refractivity contribution in [2.75, 3.05) is 6.61 Å². The fourth-order valence-electron chi connectivity index (χ4n) is 5.94. The van der Waals surface area contributed by atoms with Crippen LogP contribution in [-0.4, -0.2) is 23.2 Å². The van der Waals surface area contributed by atoms with Crippen molar-refractivity contribution in [1.29, 1.82) is 0 Å². The molecule has 0 saturated carbocycles. The summed E-state index contributed by atoms with van der Waals surface area (Å²) >= 11 is 0. The van der Waals surface area contributed by atoms with E-state index in [0.29, 0.717) is 18.8 Å². The molecule has 1 aliphatic carbocycles. The summed E-state index contributed by atoms with van der Waals surface area (Å²) in [6.07, 6.45) is 10.4. The zero-order valence-electron chi connectivity index (χ0n) is 21.7. The van der Waals surface area contributed by atoms with E-state index in [4.69, 9.17) is 10.5 Å². The Bertz CT molecular complexity index is 883. The molecule has 1 heterocycles. The number of aliphatic hydroxyl groups is 1. The van der Waals surface area contributed by atoms with Gasteiger partial charge in [0.2, 0.25) is 5.91 Å². The summed E-state index contributed by atoms with van der Waals surface area (Å²) in [7, 11) is 0. The van der Waals surface area contributed by atoms with E-state index in [9.17, 15) is 9.90 Å². The monoisotopic (exact) mass is 455 g/mol. The van der Waals surface area contributed by atoms with Crippen molar-refractivity contribution >= 4 is 5.91 Å². The second-order valence-electron chi connectivity index (χ2n) is 11.5. The first-order chi connectivity index (χ1) is 15.5. The van der Waals surface area contributed by atoms with E-state index in [-0.39, 0.29) is 35.4 Å². The standard InChI is InChI=1S/C29H45NO3/c1-7-8-9-10-14-28(3,4)21-17-22(19(2)13-15-31)26-23-16-20(27(30)32)11-12-24(23)29(5,6)33-25(26)18-21/h11,17-19,23-24,31H,7-10,12-16H2,1-6H3,(H2,30,32)/t19-,23?,24?/m0/s1. The van der Waals surface area contributed by atoms with Gasteiger partial charge in [0.25, 0.3) is 0 Å². The predicted molar refractivity (Wildman–Crippen MR) is 136 cm³/mol. The Morgan fingerprint density at radius 2 is 2.00 bits per heavy atom. The molecule has 3 N–H and O–H groups in total. The highest BCUT2D eigenvalue weighted by atomic mass is 16.5. The summed E-state index contributed by atoms with van der Waals surface area (Å²) in [6, 6.07) is 4.64. The molecule has 0 spiro atoms. The number of amides is 1. The number of carbonyl (C=O) groups is 1. The molecule has 0 aromatic heterocycles. The van der Waals surface area contributed by atoms with Crippen LogP contribution < -0.4 is 10.5 Å². The molecule has 1 aromatic rings. The Morgan fingerprint density at radius 3 is 2.64 bits per heavy atom. The molecule has 0 fully saturated rings. The minimum atomic E-state index is -0.321. The SMILES string of the molecule is CCCCCCC(C)(C)c1cc2c(c([C@@H](C)CCO)c1)C1CC(C(N)=O)=CCC1C(C)(C)O2. The van der Waals surface area contributed by atoms with Gasteiger partial charge in [0, 0.05) is 23.7 Å². The zero-order chi connectivity index (χ0) is 24.4. The Hall–Kier alpha value is -1.81. The van der Waals surface area contributed by atoms with Crippen LogP contribution in [0, 0.1) is 5.92 Å². The molecule has 1 aromatic carbocycles. The third-order valence-electron chi connectivity index (χ3n) is 8.20. The average molecular weight is 456 g/mol. The fourth-order valence-corrected chi connectivity index (χ4v) is 5.94. The lowest BCUT2D eigenvalue weighted by molar-refractivity contribution is -0.115. The first kappa shape index (κ1) is 25.8. The summed E-state index contributed by atoms with van der Waals surface area (Å²) in [5.41, 5.74) is 9.98. The first-order valence-electron chi connectivity index (χ1n) is 13.0. The number of ether oxygens (including phenoxy) is 1. The van der Waals surface area contributed by atoms with Gasteiger partial charge < -0.3 is 15.6 Å². The van der Waals surface area contributed by atoms with E-state index >= 15 is 0 Å². The van der Waals surface area contributed by atoms with Crippen molar-refractivity contribution in [2.45, 2.75) is 116 Å². The topological polar surface area (TPSA) is 72.5 Å². The van der Waals surface area contributed by atoms with Crippen LogP contribution in [0.2, 0.25) is 0 Å². The predicted octanol–water partition coefficient (Wildman–Crippen LogP) is 6.50. The number of aliphatic hydroxyl groups excluding tert-OH is 1. The van der Waals surface area contributed by atoms with Crippen molar-refractivity contribution in [3.63, 3.8) is 0 Å². The molecule has 4 heteroatoms. The van der Waals surface area contributed by atoms with E-state index < -0.39 is 0 Å². The van der Waals surface area contributed by atoms with Crippen LogP contribution in [0.1, 0.15) is 121 Å². The zero-order valence-corrected chi connectivity index (χ0v) is 21.7. The normalized spacial score (nSPS) is 22.6. The van der Waals surface area contributed by atoms with E-state index in [1.54, 1.807) is 0 Å². The third kappa shape index (κ3) is 5.48. The number of carbonyl (C=O) groups excluding carboxylic acids is 1. The van der Waals surface area contributed by atoms with Crippen molar-refractivity contribution in [3.8, 4) is 5.75 Å². The van der Waals surface area contributed by atoms with E-state index in [1.807, 2.05) is 6.08 Å². The van der Waals surface area contributed by atoms with E-state index in [2.05, 4.69) is 53.7 Å². The second-order valence-corrected chi connectivity index (χ2v) is 11.5. The number of primary amides is 1. The molecule has 0 bridgehead atoms. The van der Waals surface area contributed by atoms with Gasteiger partial charge in [-0.2, -0.15) is 0 Å². The van der Waals surface area contributed by atoms with E-state index in [0.717, 1.165) is 24.2 Å². The molecule has 1 amide bonds. The van der Waals surface area contributed by atoms with Gasteiger partial charge in [0.15, 0.2) is 0 Å². The molecule has 3 rings (SSSR count). The molecular weight excluding hydrogens is 410 g/mol. The fraction of sp³-hybridized carbons (Fsp3) is 0.690. The van der Waals surface area contributed by atoms with Gasteiger partial charge in [0.1, 0.15) is 11.4 Å². The van der Waals surface area contributed by atoms with Crippen LogP contribution in [-0.2, 0) is 10.2 Å². The van der Waals surface area contributed by atoms with E-state index in [1.165, 1.54) is 42.4 Å². The van der Waals surface area contributed by atoms with Gasteiger partial charge in [-0.15, -0.1) is 0 Å². The van der Waals surface area contributed by atoms with Crippen molar-refractivity contribution in [3.05, 3.63) is 40.5 Å². The molecular formula is C29H45NO3. The number of rotatable bonds is 10. The van der Waals surface area contributed by atoms with Crippen LogP contribution in [0.3, 0.4) is 0 Å². The first-order valence-corrected chi connectivity index (χ1v) is 13.0. The summed E-state index contributed by atoms with van der Waals surface area (Å²) in [6.45, 7) is 13.6. The third-order valence-corrected chi connectivity index (χ3v) is 8.20. The highest BCUT2D eigenvalue weighted by Crippen LogP contribution is 2.54. The molecule has 3 atom stereocenters. The minimum absolute atomic E-state index is 0.0473. The van der Waals surface area contributed by atoms with Gasteiger partial charge in [-0.3, -0.25) is 4.79 Å². The lowest BCUT2D eigenvalue weighted by Crippen LogP contribution is -2.46. The lowest BCUT2D eigenvalue weighted by atomic mass is 9.64. The number of allylic oxidation sites excluding steroid dienone is 1. The number of fused-ring (bicyclic) bond motifs is 3. The number of hydrogen-bond acceptors (Lipinski definition) is 3. The van der Waals surface area contributed by atoms with Crippen LogP contribution in [0.5, 0.6) is 5.75 Å². The lowest BCUT2D eigenvalue weighted by Gasteiger charge is -2.48. The minimum Gasteiger partial charge on any atom is -0.487 e. The van der Waals surface area contributed by atoms with Gasteiger partial charge in [0.05, 0.1) is 0 Å². The molecule has 2 aliphatic rings. The summed E-state index contributed by atoms with van der Waals surface area (Å²) < 4.78 is 6.72. The maximum absolute atomic E-state index is 12.0. The number of hydrogen-bond donors (Lipinski definition) is 2. The average Bonchev–Trinajstić information content (AvgIpc) is 2.75. The number of unbranched alkanes of at least 4 members (excludes halogenated alkanes) is 3. The van der Waals surface area contributed by atoms with Crippen LogP contribution in [0.25, 0.3) is 0 Å². The number of benzene rings is 1. The van der Waals surface area contributed by atoms with Crippen molar-refractivity contribution in [1.82, 2.24) is 0 Å². The molecule has 4 nitrogen and oxygen atoms in total. The Labute approximate surface area is 201 Å². The van der Waals surface area contributed by atoms with Gasteiger partial charge in [-0.25, -0.2) is 0 Å². The van der Waals surface area contributed by atoms with Crippen LogP contribution >= 0.6 is 0 Å². The van der Waals surface area contributed by atoms with Crippen LogP contribution in [0.15, 0.2) is 23.8 Å². The smallest absolute Gasteiger partial charge is 0.244 e. The molecule has 2 unspecified atom stereocenters. The highest BCUT2D eigenvalue weighted by Gasteiger charge is 2.47. The van der Waals surface area contributed by atoms with Crippen molar-refractivity contribution in [2.24, 2.45) is 11.7 Å². The summed E-state index contributed by atoms with van der Waals surface area (Å²) in [5, 5.41) is 9.73. The molecule has 1 aliphatic heterocycles. The van der Waals surface area contributed by atoms with Gasteiger partial charge >= 0.3 is 0 Å². The summed E-state index contributed by atoms with van der Waals surface area (Å²) in [5.74, 6) is 1.36. The van der Waals surface area contributed by atoms with Gasteiger partial charge in [-0.1, -0.05) is 65.5 Å². The quantitative estimate of drug-likeness (QED) is 0.396. The molecule has 184 valence electrons. The molecule has 0 saturated heterocycles. The number of nitrogens with two attached hydrogens (primary N) is 1. The molecule has 33 heavy (non-hydrogen) atoms. The highest BCUT2D eigenvalue weighted by molar-refractivity contribution is 5.92. The second kappa shape index (κ2) is 10.2. The van der Waals surface area contributed by atoms with Crippen molar-refractivity contribution < 1.29 is 14.6 Å². The Morgan fingerprint density at radius 1 is 1.27 bits per heavy atom. The molecule has 0 radical (unpaired) electrons.